The van der Waals surface area contributed by atoms with Crippen molar-refractivity contribution in [1.29, 1.82) is 0 Å². The van der Waals surface area contributed by atoms with E-state index in [4.69, 9.17) is 5.73 Å². The Kier molecular flexibility index (Phi) is 3.46. The quantitative estimate of drug-likeness (QED) is 0.697. The fourth-order valence-corrected chi connectivity index (χ4v) is 1.70. The van der Waals surface area contributed by atoms with Gasteiger partial charge in [-0.1, -0.05) is 18.2 Å². The van der Waals surface area contributed by atoms with E-state index in [1.165, 1.54) is 10.5 Å². The molecule has 1 aromatic rings. The van der Waals surface area contributed by atoms with E-state index in [2.05, 4.69) is 31.2 Å². The molecule has 0 heterocycles. The van der Waals surface area contributed by atoms with Crippen molar-refractivity contribution in [3.63, 3.8) is 0 Å². The van der Waals surface area contributed by atoms with Crippen LogP contribution in [-0.4, -0.2) is 12.3 Å². The monoisotopic (exact) mass is 167 g/mol. The molecule has 0 spiro atoms. The van der Waals surface area contributed by atoms with Gasteiger partial charge in [-0.2, -0.15) is 0 Å². The lowest BCUT2D eigenvalue weighted by Crippen LogP contribution is -2.01. The summed E-state index contributed by atoms with van der Waals surface area (Å²) >= 11 is 1.82. The SMILES string of the molecule is Cc1ccccc1SCCN. The first kappa shape index (κ1) is 8.62. The summed E-state index contributed by atoms with van der Waals surface area (Å²) in [5, 5.41) is 0. The summed E-state index contributed by atoms with van der Waals surface area (Å²) in [6.45, 7) is 2.87. The molecule has 0 saturated heterocycles. The van der Waals surface area contributed by atoms with E-state index in [1.54, 1.807) is 0 Å². The molecule has 1 aromatic carbocycles. The maximum absolute atomic E-state index is 5.41. The van der Waals surface area contributed by atoms with Crippen LogP contribution >= 0.6 is 11.8 Å². The summed E-state index contributed by atoms with van der Waals surface area (Å²) in [4.78, 5) is 1.35. The average Bonchev–Trinajstić information content (AvgIpc) is 2.03. The minimum absolute atomic E-state index is 0.749. The van der Waals surface area contributed by atoms with Crippen molar-refractivity contribution in [2.45, 2.75) is 11.8 Å². The van der Waals surface area contributed by atoms with Gasteiger partial charge in [-0.15, -0.1) is 11.8 Å². The summed E-state index contributed by atoms with van der Waals surface area (Å²) in [5.41, 5.74) is 6.74. The lowest BCUT2D eigenvalue weighted by Gasteiger charge is -2.02. The lowest BCUT2D eigenvalue weighted by atomic mass is 10.2. The number of hydrogen-bond donors (Lipinski definition) is 1. The third kappa shape index (κ3) is 2.56. The Morgan fingerprint density at radius 2 is 2.09 bits per heavy atom. The predicted octanol–water partition coefficient (Wildman–Crippen LogP) is 2.05. The first-order valence-electron chi connectivity index (χ1n) is 3.73. The van der Waals surface area contributed by atoms with Gasteiger partial charge in [-0.25, -0.2) is 0 Å². The van der Waals surface area contributed by atoms with E-state index in [9.17, 15) is 0 Å². The summed E-state index contributed by atoms with van der Waals surface area (Å²) in [6.07, 6.45) is 0. The minimum atomic E-state index is 0.749. The molecule has 0 fully saturated rings. The van der Waals surface area contributed by atoms with Crippen LogP contribution in [0.4, 0.5) is 0 Å². The fraction of sp³-hybridized carbons (Fsp3) is 0.333. The van der Waals surface area contributed by atoms with Gasteiger partial charge in [-0.3, -0.25) is 0 Å². The zero-order chi connectivity index (χ0) is 8.10. The molecule has 0 saturated carbocycles. The highest BCUT2D eigenvalue weighted by atomic mass is 32.2. The zero-order valence-corrected chi connectivity index (χ0v) is 7.53. The standard InChI is InChI=1S/C9H13NS/c1-8-4-2-3-5-9(8)11-7-6-10/h2-5H,6-7,10H2,1H3. The molecule has 2 heteroatoms. The van der Waals surface area contributed by atoms with E-state index in [0.29, 0.717) is 0 Å². The Bertz CT molecular complexity index is 223. The minimum Gasteiger partial charge on any atom is -0.330 e. The highest BCUT2D eigenvalue weighted by Crippen LogP contribution is 2.20. The Balaban J connectivity index is 2.62. The molecule has 2 N–H and O–H groups in total. The van der Waals surface area contributed by atoms with E-state index >= 15 is 0 Å². The second-order valence-electron chi connectivity index (χ2n) is 2.40. The van der Waals surface area contributed by atoms with Gasteiger partial charge in [0.1, 0.15) is 0 Å². The molecule has 0 aliphatic rings. The number of hydrogen-bond acceptors (Lipinski definition) is 2. The zero-order valence-electron chi connectivity index (χ0n) is 6.71. The maximum atomic E-state index is 5.41. The second kappa shape index (κ2) is 4.42. The van der Waals surface area contributed by atoms with Gasteiger partial charge in [0, 0.05) is 17.2 Å². The molecule has 0 aromatic heterocycles. The molecular formula is C9H13NS. The van der Waals surface area contributed by atoms with Crippen LogP contribution in [0.2, 0.25) is 0 Å². The van der Waals surface area contributed by atoms with Crippen molar-refractivity contribution in [2.75, 3.05) is 12.3 Å². The third-order valence-corrected chi connectivity index (χ3v) is 2.68. The highest BCUT2D eigenvalue weighted by Gasteiger charge is 1.94. The predicted molar refractivity (Wildman–Crippen MR) is 51.0 cm³/mol. The number of rotatable bonds is 3. The van der Waals surface area contributed by atoms with Crippen LogP contribution in [0.1, 0.15) is 5.56 Å². The van der Waals surface area contributed by atoms with E-state index in [1.807, 2.05) is 11.8 Å². The smallest absolute Gasteiger partial charge is 0.0103 e. The van der Waals surface area contributed by atoms with Crippen molar-refractivity contribution in [2.24, 2.45) is 5.73 Å². The number of aryl methyl sites for hydroxylation is 1. The largest absolute Gasteiger partial charge is 0.330 e. The molecule has 0 unspecified atom stereocenters. The van der Waals surface area contributed by atoms with Crippen LogP contribution in [0.5, 0.6) is 0 Å². The molecule has 1 rings (SSSR count). The summed E-state index contributed by atoms with van der Waals surface area (Å²) in [7, 11) is 0. The van der Waals surface area contributed by atoms with Gasteiger partial charge in [-0.05, 0) is 18.6 Å². The summed E-state index contributed by atoms with van der Waals surface area (Å²) in [6, 6.07) is 8.38. The second-order valence-corrected chi connectivity index (χ2v) is 3.54. The van der Waals surface area contributed by atoms with E-state index in [0.717, 1.165) is 12.3 Å². The van der Waals surface area contributed by atoms with Gasteiger partial charge in [0.15, 0.2) is 0 Å². The van der Waals surface area contributed by atoms with Crippen molar-refractivity contribution in [1.82, 2.24) is 0 Å². The van der Waals surface area contributed by atoms with Crippen molar-refractivity contribution in [3.8, 4) is 0 Å². The first-order valence-corrected chi connectivity index (χ1v) is 4.71. The molecule has 0 radical (unpaired) electrons. The van der Waals surface area contributed by atoms with Gasteiger partial charge in [0.2, 0.25) is 0 Å². The molecule has 0 aliphatic carbocycles. The number of benzene rings is 1. The Morgan fingerprint density at radius 3 is 2.73 bits per heavy atom. The van der Waals surface area contributed by atoms with Crippen LogP contribution in [0.15, 0.2) is 29.2 Å². The molecule has 11 heavy (non-hydrogen) atoms. The van der Waals surface area contributed by atoms with Gasteiger partial charge >= 0.3 is 0 Å². The van der Waals surface area contributed by atoms with Gasteiger partial charge in [0.25, 0.3) is 0 Å². The van der Waals surface area contributed by atoms with E-state index < -0.39 is 0 Å². The Morgan fingerprint density at radius 1 is 1.36 bits per heavy atom. The van der Waals surface area contributed by atoms with Crippen LogP contribution in [0, 0.1) is 6.92 Å². The molecule has 0 atom stereocenters. The lowest BCUT2D eigenvalue weighted by molar-refractivity contribution is 1.14. The Labute approximate surface area is 72.0 Å². The number of thioether (sulfide) groups is 1. The molecular weight excluding hydrogens is 154 g/mol. The molecule has 60 valence electrons. The van der Waals surface area contributed by atoms with Crippen LogP contribution < -0.4 is 5.73 Å². The fourth-order valence-electron chi connectivity index (χ4n) is 0.887. The van der Waals surface area contributed by atoms with Crippen molar-refractivity contribution >= 4 is 11.8 Å². The van der Waals surface area contributed by atoms with Crippen molar-refractivity contribution in [3.05, 3.63) is 29.8 Å². The normalized spacial score (nSPS) is 10.0. The van der Waals surface area contributed by atoms with Crippen LogP contribution in [-0.2, 0) is 0 Å². The molecule has 1 nitrogen and oxygen atoms in total. The van der Waals surface area contributed by atoms with Gasteiger partial charge in [0.05, 0.1) is 0 Å². The molecule has 0 bridgehead atoms. The van der Waals surface area contributed by atoms with E-state index in [-0.39, 0.29) is 0 Å². The summed E-state index contributed by atoms with van der Waals surface area (Å²) in [5.74, 6) is 1.00. The van der Waals surface area contributed by atoms with Crippen LogP contribution in [0.25, 0.3) is 0 Å². The molecule has 0 aliphatic heterocycles. The summed E-state index contributed by atoms with van der Waals surface area (Å²) < 4.78 is 0. The number of nitrogens with two attached hydrogens (primary N) is 1. The Hall–Kier alpha value is -0.470. The van der Waals surface area contributed by atoms with Gasteiger partial charge < -0.3 is 5.73 Å². The van der Waals surface area contributed by atoms with Crippen molar-refractivity contribution < 1.29 is 0 Å². The molecule has 0 amide bonds. The third-order valence-electron chi connectivity index (χ3n) is 1.47. The topological polar surface area (TPSA) is 26.0 Å². The maximum Gasteiger partial charge on any atom is 0.0103 e. The van der Waals surface area contributed by atoms with Crippen LogP contribution in [0.3, 0.4) is 0 Å². The first-order chi connectivity index (χ1) is 5.34. The average molecular weight is 167 g/mol. The highest BCUT2D eigenvalue weighted by molar-refractivity contribution is 7.99.